The fraction of sp³-hybridized carbons (Fsp3) is 0.172. The second kappa shape index (κ2) is 7.37. The molecule has 0 amide bonds. The van der Waals surface area contributed by atoms with Gasteiger partial charge in [-0.25, -0.2) is 0 Å². The fourth-order valence-electron chi connectivity index (χ4n) is 4.64. The summed E-state index contributed by atoms with van der Waals surface area (Å²) >= 11 is 0. The first-order chi connectivity index (χ1) is 14.2. The largest absolute Gasteiger partial charge is 0.0722 e. The van der Waals surface area contributed by atoms with Crippen LogP contribution in [0.25, 0.3) is 11.1 Å². The van der Waals surface area contributed by atoms with E-state index >= 15 is 0 Å². The van der Waals surface area contributed by atoms with E-state index in [4.69, 9.17) is 0 Å². The Kier molecular flexibility index (Phi) is 4.56. The lowest BCUT2D eigenvalue weighted by Crippen LogP contribution is -2.06. The first kappa shape index (κ1) is 17.9. The number of allylic oxidation sites excluding steroid dienone is 6. The highest BCUT2D eigenvalue weighted by Gasteiger charge is 2.34. The molecule has 0 saturated heterocycles. The Morgan fingerprint density at radius 3 is 2.00 bits per heavy atom. The first-order valence-electron chi connectivity index (χ1n) is 10.5. The normalized spacial score (nSPS) is 16.7. The first-order valence-corrected chi connectivity index (χ1v) is 10.5. The third-order valence-corrected chi connectivity index (χ3v) is 6.05. The molecule has 0 heterocycles. The van der Waals surface area contributed by atoms with E-state index in [1.807, 2.05) is 0 Å². The summed E-state index contributed by atoms with van der Waals surface area (Å²) in [7, 11) is 0. The zero-order valence-electron chi connectivity index (χ0n) is 17.0. The molecule has 0 heteroatoms. The second-order valence-electron chi connectivity index (χ2n) is 8.25. The van der Waals surface area contributed by atoms with E-state index in [9.17, 15) is 0 Å². The molecule has 3 aromatic carbocycles. The van der Waals surface area contributed by atoms with Crippen LogP contribution in [-0.4, -0.2) is 0 Å². The number of benzene rings is 3. The smallest absolute Gasteiger partial charge is 0.0361 e. The van der Waals surface area contributed by atoms with E-state index in [2.05, 4.69) is 111 Å². The van der Waals surface area contributed by atoms with Gasteiger partial charge in [0.05, 0.1) is 0 Å². The molecule has 0 saturated carbocycles. The molecule has 0 nitrogen and oxygen atoms in total. The van der Waals surface area contributed by atoms with E-state index in [-0.39, 0.29) is 5.92 Å². The number of hydrogen-bond acceptors (Lipinski definition) is 0. The molecule has 1 radical (unpaired) electrons. The Morgan fingerprint density at radius 2 is 1.38 bits per heavy atom. The van der Waals surface area contributed by atoms with Gasteiger partial charge < -0.3 is 0 Å². The van der Waals surface area contributed by atoms with Gasteiger partial charge in [-0.05, 0) is 63.0 Å². The molecular weight excluding hydrogens is 348 g/mol. The summed E-state index contributed by atoms with van der Waals surface area (Å²) < 4.78 is 0. The van der Waals surface area contributed by atoms with Gasteiger partial charge in [0.15, 0.2) is 0 Å². The molecule has 0 fully saturated rings. The molecule has 0 N–H and O–H groups in total. The molecule has 141 valence electrons. The molecular formula is C29H25. The molecule has 2 aliphatic carbocycles. The van der Waals surface area contributed by atoms with E-state index in [0.29, 0.717) is 5.92 Å². The van der Waals surface area contributed by atoms with Crippen LogP contribution in [0.1, 0.15) is 36.5 Å². The topological polar surface area (TPSA) is 0 Å². The average Bonchev–Trinajstić information content (AvgIpc) is 3.32. The summed E-state index contributed by atoms with van der Waals surface area (Å²) in [5, 5.41) is 0. The summed E-state index contributed by atoms with van der Waals surface area (Å²) in [6.45, 7) is 4.58. The van der Waals surface area contributed by atoms with Gasteiger partial charge in [0.25, 0.3) is 0 Å². The molecule has 0 spiro atoms. The summed E-state index contributed by atoms with van der Waals surface area (Å²) in [5.41, 5.74) is 10.9. The molecule has 3 aromatic rings. The predicted molar refractivity (Wildman–Crippen MR) is 122 cm³/mol. The van der Waals surface area contributed by atoms with Crippen LogP contribution >= 0.6 is 0 Å². The molecule has 0 atom stereocenters. The van der Waals surface area contributed by atoms with Crippen molar-refractivity contribution in [1.29, 1.82) is 0 Å². The minimum atomic E-state index is 0.277. The second-order valence-corrected chi connectivity index (χ2v) is 8.25. The predicted octanol–water partition coefficient (Wildman–Crippen LogP) is 7.29. The minimum Gasteiger partial charge on any atom is -0.0722 e. The summed E-state index contributed by atoms with van der Waals surface area (Å²) in [5.74, 6) is 0.749. The zero-order valence-corrected chi connectivity index (χ0v) is 17.0. The van der Waals surface area contributed by atoms with Crippen LogP contribution in [0, 0.1) is 12.0 Å². The third kappa shape index (κ3) is 3.19. The van der Waals surface area contributed by atoms with E-state index in [1.54, 1.807) is 0 Å². The third-order valence-electron chi connectivity index (χ3n) is 6.05. The van der Waals surface area contributed by atoms with Crippen molar-refractivity contribution < 1.29 is 0 Å². The average molecular weight is 374 g/mol. The van der Waals surface area contributed by atoms with Gasteiger partial charge in [-0.15, -0.1) is 0 Å². The highest BCUT2D eigenvalue weighted by Crippen LogP contribution is 2.51. The number of hydrogen-bond donors (Lipinski definition) is 0. The summed E-state index contributed by atoms with van der Waals surface area (Å²) in [6, 6.07) is 28.4. The Morgan fingerprint density at radius 1 is 0.793 bits per heavy atom. The minimum absolute atomic E-state index is 0.277. The molecule has 5 rings (SSSR count). The van der Waals surface area contributed by atoms with Crippen molar-refractivity contribution >= 4 is 0 Å². The van der Waals surface area contributed by atoms with Gasteiger partial charge in [0.2, 0.25) is 0 Å². The van der Waals surface area contributed by atoms with Crippen molar-refractivity contribution in [2.24, 2.45) is 5.92 Å². The van der Waals surface area contributed by atoms with Gasteiger partial charge in [-0.1, -0.05) is 105 Å². The van der Waals surface area contributed by atoms with Crippen molar-refractivity contribution in [3.05, 3.63) is 131 Å². The van der Waals surface area contributed by atoms with Crippen LogP contribution in [0.5, 0.6) is 0 Å². The van der Waals surface area contributed by atoms with Gasteiger partial charge in [0, 0.05) is 5.92 Å². The maximum Gasteiger partial charge on any atom is 0.0361 e. The Balaban J connectivity index is 1.58. The van der Waals surface area contributed by atoms with Crippen molar-refractivity contribution in [1.82, 2.24) is 0 Å². The van der Waals surface area contributed by atoms with Crippen LogP contribution in [0.4, 0.5) is 0 Å². The van der Waals surface area contributed by atoms with Crippen LogP contribution in [0.2, 0.25) is 0 Å². The van der Waals surface area contributed by atoms with Crippen LogP contribution in [-0.2, 0) is 6.42 Å². The Bertz CT molecular complexity index is 1090. The highest BCUT2D eigenvalue weighted by molar-refractivity contribution is 5.81. The van der Waals surface area contributed by atoms with Crippen LogP contribution in [0.3, 0.4) is 0 Å². The SMILES string of the molecule is CC(C)C1=CC(=CCc2ccccc2)[C]=C1C1c2ccccc2-c2ccccc21. The fourth-order valence-corrected chi connectivity index (χ4v) is 4.64. The lowest BCUT2D eigenvalue weighted by Gasteiger charge is -2.20. The molecule has 2 aliphatic rings. The number of fused-ring (bicyclic) bond motifs is 3. The van der Waals surface area contributed by atoms with Gasteiger partial charge in [0.1, 0.15) is 0 Å². The van der Waals surface area contributed by atoms with Crippen molar-refractivity contribution in [3.63, 3.8) is 0 Å². The number of rotatable bonds is 4. The standard InChI is InChI=1S/C29H25/c1-20(2)27-18-22(17-16-21-10-4-3-5-11-21)19-28(27)29-25-14-8-6-12-23(25)24-13-7-9-15-26(24)29/h3-15,17-18,20,29H,16H2,1-2H3. The van der Waals surface area contributed by atoms with Crippen LogP contribution in [0.15, 0.2) is 108 Å². The molecule has 0 aromatic heterocycles. The summed E-state index contributed by atoms with van der Waals surface area (Å²) in [6.07, 6.45) is 9.41. The monoisotopic (exact) mass is 373 g/mol. The van der Waals surface area contributed by atoms with E-state index in [0.717, 1.165) is 6.42 Å². The molecule has 0 unspecified atom stereocenters. The Hall–Kier alpha value is -3.12. The molecule has 29 heavy (non-hydrogen) atoms. The van der Waals surface area contributed by atoms with Gasteiger partial charge in [-0.3, -0.25) is 0 Å². The van der Waals surface area contributed by atoms with Crippen molar-refractivity contribution in [3.8, 4) is 11.1 Å². The molecule has 0 bridgehead atoms. The van der Waals surface area contributed by atoms with Crippen molar-refractivity contribution in [2.75, 3.05) is 0 Å². The van der Waals surface area contributed by atoms with E-state index < -0.39 is 0 Å². The van der Waals surface area contributed by atoms with Crippen LogP contribution < -0.4 is 0 Å². The highest BCUT2D eigenvalue weighted by atomic mass is 14.4. The zero-order chi connectivity index (χ0) is 19.8. The quantitative estimate of drug-likeness (QED) is 0.450. The lowest BCUT2D eigenvalue weighted by atomic mass is 9.83. The van der Waals surface area contributed by atoms with E-state index in [1.165, 1.54) is 44.5 Å². The van der Waals surface area contributed by atoms with Gasteiger partial charge in [-0.2, -0.15) is 0 Å². The summed E-state index contributed by atoms with van der Waals surface area (Å²) in [4.78, 5) is 0. The van der Waals surface area contributed by atoms with Gasteiger partial charge >= 0.3 is 0 Å². The lowest BCUT2D eigenvalue weighted by molar-refractivity contribution is 0.761. The maximum absolute atomic E-state index is 3.80. The Labute approximate surface area is 173 Å². The van der Waals surface area contributed by atoms with Crippen molar-refractivity contribution in [2.45, 2.75) is 26.2 Å². The molecule has 0 aliphatic heterocycles. The maximum atomic E-state index is 3.80.